The predicted molar refractivity (Wildman–Crippen MR) is 63.0 cm³/mol. The minimum Gasteiger partial charge on any atom is -0.480 e. The van der Waals surface area contributed by atoms with Crippen molar-refractivity contribution in [2.24, 2.45) is 0 Å². The molecule has 0 saturated heterocycles. The molecule has 5 nitrogen and oxygen atoms in total. The average molecular weight is 257 g/mol. The van der Waals surface area contributed by atoms with Gasteiger partial charge in [0.05, 0.1) is 5.56 Å². The van der Waals surface area contributed by atoms with Crippen molar-refractivity contribution < 1.29 is 14.7 Å². The van der Waals surface area contributed by atoms with Gasteiger partial charge in [-0.2, -0.15) is 0 Å². The third-order valence-corrected chi connectivity index (χ3v) is 2.49. The summed E-state index contributed by atoms with van der Waals surface area (Å²) in [6, 6.07) is 2.16. The molecule has 1 atom stereocenters. The van der Waals surface area contributed by atoms with Crippen LogP contribution in [0, 0.1) is 0 Å². The summed E-state index contributed by atoms with van der Waals surface area (Å²) >= 11 is 5.74. The molecule has 17 heavy (non-hydrogen) atoms. The molecule has 0 aliphatic carbocycles. The maximum atomic E-state index is 11.8. The van der Waals surface area contributed by atoms with E-state index in [1.807, 2.05) is 6.92 Å². The van der Waals surface area contributed by atoms with Crippen molar-refractivity contribution in [2.75, 3.05) is 0 Å². The standard InChI is InChI=1S/C11H13ClN2O3/c1-2-4-8(11(16)17)14-10(15)7-5-3-6-13-9(7)12/h3,5-6,8H,2,4H2,1H3,(H,14,15)(H,16,17)/t8-/m1/s1. The predicted octanol–water partition coefficient (Wildman–Crippen LogP) is 1.72. The Morgan fingerprint density at radius 3 is 2.82 bits per heavy atom. The summed E-state index contributed by atoms with van der Waals surface area (Å²) in [5, 5.41) is 11.4. The molecule has 92 valence electrons. The fourth-order valence-electron chi connectivity index (χ4n) is 1.34. The molecule has 2 N–H and O–H groups in total. The molecule has 0 radical (unpaired) electrons. The molecule has 1 rings (SSSR count). The van der Waals surface area contributed by atoms with E-state index >= 15 is 0 Å². The summed E-state index contributed by atoms with van der Waals surface area (Å²) in [6.45, 7) is 1.85. The zero-order valence-electron chi connectivity index (χ0n) is 9.31. The number of hydrogen-bond acceptors (Lipinski definition) is 3. The molecule has 6 heteroatoms. The van der Waals surface area contributed by atoms with Gasteiger partial charge >= 0.3 is 5.97 Å². The smallest absolute Gasteiger partial charge is 0.326 e. The molecule has 0 aliphatic heterocycles. The van der Waals surface area contributed by atoms with Crippen LogP contribution in [0.4, 0.5) is 0 Å². The normalized spacial score (nSPS) is 11.9. The van der Waals surface area contributed by atoms with Gasteiger partial charge in [-0.25, -0.2) is 9.78 Å². The Hall–Kier alpha value is -1.62. The van der Waals surface area contributed by atoms with E-state index in [4.69, 9.17) is 16.7 Å². The molecular weight excluding hydrogens is 244 g/mol. The molecule has 1 aromatic rings. The van der Waals surface area contributed by atoms with Gasteiger partial charge in [-0.3, -0.25) is 4.79 Å². The number of nitrogens with one attached hydrogen (secondary N) is 1. The van der Waals surface area contributed by atoms with Gasteiger partial charge in [-0.1, -0.05) is 24.9 Å². The molecule has 0 bridgehead atoms. The number of carboxylic acid groups (broad SMARTS) is 1. The molecule has 0 fully saturated rings. The second-order valence-electron chi connectivity index (χ2n) is 3.49. The van der Waals surface area contributed by atoms with Gasteiger partial charge in [0, 0.05) is 6.20 Å². The van der Waals surface area contributed by atoms with E-state index in [1.54, 1.807) is 6.07 Å². The van der Waals surface area contributed by atoms with Crippen LogP contribution in [0.3, 0.4) is 0 Å². The molecule has 0 unspecified atom stereocenters. The number of amides is 1. The van der Waals surface area contributed by atoms with E-state index in [0.29, 0.717) is 12.8 Å². The van der Waals surface area contributed by atoms with Gasteiger partial charge in [0.25, 0.3) is 5.91 Å². The van der Waals surface area contributed by atoms with Crippen LogP contribution in [0.15, 0.2) is 18.3 Å². The fourth-order valence-corrected chi connectivity index (χ4v) is 1.54. The average Bonchev–Trinajstić information content (AvgIpc) is 2.28. The third-order valence-electron chi connectivity index (χ3n) is 2.18. The van der Waals surface area contributed by atoms with Crippen LogP contribution < -0.4 is 5.32 Å². The molecule has 0 saturated carbocycles. The van der Waals surface area contributed by atoms with Gasteiger partial charge in [-0.15, -0.1) is 0 Å². The highest BCUT2D eigenvalue weighted by Gasteiger charge is 2.20. The fraction of sp³-hybridized carbons (Fsp3) is 0.364. The van der Waals surface area contributed by atoms with E-state index in [2.05, 4.69) is 10.3 Å². The maximum Gasteiger partial charge on any atom is 0.326 e. The summed E-state index contributed by atoms with van der Waals surface area (Å²) in [4.78, 5) is 26.4. The number of pyridine rings is 1. The van der Waals surface area contributed by atoms with Crippen LogP contribution in [0.5, 0.6) is 0 Å². The first-order chi connectivity index (χ1) is 8.06. The number of aliphatic carboxylic acids is 1. The number of nitrogens with zero attached hydrogens (tertiary/aromatic N) is 1. The van der Waals surface area contributed by atoms with Gasteiger partial charge < -0.3 is 10.4 Å². The lowest BCUT2D eigenvalue weighted by Gasteiger charge is -2.13. The lowest BCUT2D eigenvalue weighted by molar-refractivity contribution is -0.139. The van der Waals surface area contributed by atoms with Crippen molar-refractivity contribution >= 4 is 23.5 Å². The lowest BCUT2D eigenvalue weighted by Crippen LogP contribution is -2.40. The van der Waals surface area contributed by atoms with Crippen molar-refractivity contribution in [2.45, 2.75) is 25.8 Å². The number of rotatable bonds is 5. The second kappa shape index (κ2) is 6.20. The number of halogens is 1. The molecule has 0 aliphatic rings. The number of carbonyl (C=O) groups is 2. The summed E-state index contributed by atoms with van der Waals surface area (Å²) < 4.78 is 0. The van der Waals surface area contributed by atoms with Crippen molar-refractivity contribution in [3.63, 3.8) is 0 Å². The van der Waals surface area contributed by atoms with E-state index in [9.17, 15) is 9.59 Å². The van der Waals surface area contributed by atoms with Crippen LogP contribution in [-0.4, -0.2) is 28.0 Å². The Labute approximate surface area is 104 Å². The number of aromatic nitrogens is 1. The van der Waals surface area contributed by atoms with Crippen molar-refractivity contribution in [1.82, 2.24) is 10.3 Å². The molecule has 1 amide bonds. The topological polar surface area (TPSA) is 79.3 Å². The monoisotopic (exact) mass is 256 g/mol. The Bertz CT molecular complexity index is 423. The van der Waals surface area contributed by atoms with Crippen molar-refractivity contribution in [3.05, 3.63) is 29.0 Å². The molecule has 0 spiro atoms. The van der Waals surface area contributed by atoms with E-state index < -0.39 is 17.9 Å². The number of carbonyl (C=O) groups excluding carboxylic acids is 1. The number of carboxylic acids is 1. The Balaban J connectivity index is 2.77. The molecule has 1 aromatic heterocycles. The Kier molecular flexibility index (Phi) is 4.90. The highest BCUT2D eigenvalue weighted by molar-refractivity contribution is 6.32. The highest BCUT2D eigenvalue weighted by atomic mass is 35.5. The zero-order valence-corrected chi connectivity index (χ0v) is 10.1. The number of hydrogen-bond donors (Lipinski definition) is 2. The minimum atomic E-state index is -1.06. The van der Waals surface area contributed by atoms with Gasteiger partial charge in [0.2, 0.25) is 0 Å². The van der Waals surface area contributed by atoms with Gasteiger partial charge in [0.15, 0.2) is 0 Å². The summed E-state index contributed by atoms with van der Waals surface area (Å²) in [5.74, 6) is -1.58. The minimum absolute atomic E-state index is 0.0608. The Morgan fingerprint density at radius 1 is 1.59 bits per heavy atom. The highest BCUT2D eigenvalue weighted by Crippen LogP contribution is 2.11. The summed E-state index contributed by atoms with van der Waals surface area (Å²) in [6.07, 6.45) is 2.50. The first-order valence-electron chi connectivity index (χ1n) is 5.20. The summed E-state index contributed by atoms with van der Waals surface area (Å²) in [7, 11) is 0. The van der Waals surface area contributed by atoms with Crippen LogP contribution in [-0.2, 0) is 4.79 Å². The lowest BCUT2D eigenvalue weighted by atomic mass is 10.1. The molecular formula is C11H13ClN2O3. The first-order valence-corrected chi connectivity index (χ1v) is 5.58. The van der Waals surface area contributed by atoms with Crippen molar-refractivity contribution in [1.29, 1.82) is 0 Å². The first kappa shape index (κ1) is 13.4. The zero-order chi connectivity index (χ0) is 12.8. The third kappa shape index (κ3) is 3.71. The quantitative estimate of drug-likeness (QED) is 0.786. The van der Waals surface area contributed by atoms with E-state index in [0.717, 1.165) is 0 Å². The molecule has 1 heterocycles. The Morgan fingerprint density at radius 2 is 2.29 bits per heavy atom. The summed E-state index contributed by atoms with van der Waals surface area (Å²) in [5.41, 5.74) is 0.177. The maximum absolute atomic E-state index is 11.8. The largest absolute Gasteiger partial charge is 0.480 e. The van der Waals surface area contributed by atoms with Gasteiger partial charge in [0.1, 0.15) is 11.2 Å². The van der Waals surface area contributed by atoms with Crippen LogP contribution in [0.2, 0.25) is 5.15 Å². The second-order valence-corrected chi connectivity index (χ2v) is 3.85. The van der Waals surface area contributed by atoms with Gasteiger partial charge in [-0.05, 0) is 18.6 Å². The van der Waals surface area contributed by atoms with Crippen LogP contribution in [0.1, 0.15) is 30.1 Å². The van der Waals surface area contributed by atoms with E-state index in [1.165, 1.54) is 12.3 Å². The van der Waals surface area contributed by atoms with E-state index in [-0.39, 0.29) is 10.7 Å². The van der Waals surface area contributed by atoms with Crippen LogP contribution >= 0.6 is 11.6 Å². The van der Waals surface area contributed by atoms with Crippen molar-refractivity contribution in [3.8, 4) is 0 Å². The SMILES string of the molecule is CCC[C@@H](NC(=O)c1cccnc1Cl)C(=O)O. The van der Waals surface area contributed by atoms with Crippen LogP contribution in [0.25, 0.3) is 0 Å². The molecule has 0 aromatic carbocycles.